The van der Waals surface area contributed by atoms with E-state index in [1.54, 1.807) is 11.3 Å². The van der Waals surface area contributed by atoms with Crippen molar-refractivity contribution in [3.63, 3.8) is 0 Å². The zero-order valence-corrected chi connectivity index (χ0v) is 14.4. The Morgan fingerprint density at radius 1 is 1.08 bits per heavy atom. The largest absolute Gasteiger partial charge is 0.368 e. The van der Waals surface area contributed by atoms with Gasteiger partial charge in [-0.05, 0) is 23.6 Å². The predicted molar refractivity (Wildman–Crippen MR) is 101 cm³/mol. The highest BCUT2D eigenvalue weighted by Gasteiger charge is 2.23. The van der Waals surface area contributed by atoms with Gasteiger partial charge in [0.2, 0.25) is 5.95 Å². The number of thiophene rings is 1. The maximum absolute atomic E-state index is 12.4. The van der Waals surface area contributed by atoms with Crippen LogP contribution in [0.5, 0.6) is 0 Å². The van der Waals surface area contributed by atoms with Gasteiger partial charge in [0.25, 0.3) is 0 Å². The molecule has 4 rings (SSSR count). The Hall–Kier alpha value is -2.87. The Kier molecular flexibility index (Phi) is 4.10. The maximum Gasteiger partial charge on any atom is 0.321 e. The molecule has 0 bridgehead atoms. The molecule has 2 amide bonds. The van der Waals surface area contributed by atoms with Gasteiger partial charge in [0, 0.05) is 31.9 Å². The van der Waals surface area contributed by atoms with Crippen LogP contribution in [0.25, 0.3) is 10.2 Å². The number of nitrogens with two attached hydrogens (primary N) is 1. The molecule has 0 radical (unpaired) electrons. The summed E-state index contributed by atoms with van der Waals surface area (Å²) in [6, 6.07) is 11.4. The standard InChI is InChI=1S/C17H18N6OS/c18-16-20-14(13-6-11-25-15(13)21-16)22-7-9-23(10-8-22)17(24)19-12-4-2-1-3-5-12/h1-6,11H,7-10H2,(H,19,24)(H2,18,20,21). The van der Waals surface area contributed by atoms with E-state index in [0.29, 0.717) is 26.2 Å². The van der Waals surface area contributed by atoms with Crippen LogP contribution in [0.3, 0.4) is 0 Å². The van der Waals surface area contributed by atoms with Gasteiger partial charge in [-0.15, -0.1) is 11.3 Å². The number of nitrogens with one attached hydrogen (secondary N) is 1. The lowest BCUT2D eigenvalue weighted by atomic mass is 10.3. The predicted octanol–water partition coefficient (Wildman–Crippen LogP) is 2.63. The van der Waals surface area contributed by atoms with E-state index in [0.717, 1.165) is 21.7 Å². The molecule has 0 aliphatic carbocycles. The number of carbonyl (C=O) groups excluding carboxylic acids is 1. The van der Waals surface area contributed by atoms with Crippen LogP contribution in [-0.4, -0.2) is 47.1 Å². The van der Waals surface area contributed by atoms with Crippen molar-refractivity contribution in [2.75, 3.05) is 42.1 Å². The number of amides is 2. The van der Waals surface area contributed by atoms with E-state index in [2.05, 4.69) is 20.2 Å². The van der Waals surface area contributed by atoms with Crippen LogP contribution in [0.2, 0.25) is 0 Å². The van der Waals surface area contributed by atoms with Crippen molar-refractivity contribution in [3.8, 4) is 0 Å². The van der Waals surface area contributed by atoms with Crippen LogP contribution in [0.15, 0.2) is 41.8 Å². The molecule has 3 N–H and O–H groups in total. The summed E-state index contributed by atoms with van der Waals surface area (Å²) in [7, 11) is 0. The number of benzene rings is 1. The third-order valence-corrected chi connectivity index (χ3v) is 5.02. The molecular formula is C17H18N6OS. The monoisotopic (exact) mass is 354 g/mol. The number of urea groups is 1. The van der Waals surface area contributed by atoms with Crippen LogP contribution in [-0.2, 0) is 0 Å². The molecule has 0 atom stereocenters. The van der Waals surface area contributed by atoms with E-state index in [-0.39, 0.29) is 12.0 Å². The van der Waals surface area contributed by atoms with Gasteiger partial charge in [-0.2, -0.15) is 4.98 Å². The highest BCUT2D eigenvalue weighted by molar-refractivity contribution is 7.16. The lowest BCUT2D eigenvalue weighted by molar-refractivity contribution is 0.208. The molecule has 0 spiro atoms. The molecule has 1 aliphatic rings. The summed E-state index contributed by atoms with van der Waals surface area (Å²) in [6.07, 6.45) is 0. The van der Waals surface area contributed by atoms with E-state index >= 15 is 0 Å². The Morgan fingerprint density at radius 3 is 2.60 bits per heavy atom. The Labute approximate surface area is 149 Å². The summed E-state index contributed by atoms with van der Waals surface area (Å²) in [5.74, 6) is 1.14. The van der Waals surface area contributed by atoms with Crippen molar-refractivity contribution in [3.05, 3.63) is 41.8 Å². The highest BCUT2D eigenvalue weighted by Crippen LogP contribution is 2.29. The van der Waals surface area contributed by atoms with Gasteiger partial charge in [0.05, 0.1) is 5.39 Å². The van der Waals surface area contributed by atoms with Crippen LogP contribution in [0.1, 0.15) is 0 Å². The van der Waals surface area contributed by atoms with Crippen LogP contribution in [0.4, 0.5) is 22.2 Å². The molecular weight excluding hydrogens is 336 g/mol. The van der Waals surface area contributed by atoms with E-state index < -0.39 is 0 Å². The molecule has 1 fully saturated rings. The summed E-state index contributed by atoms with van der Waals surface area (Å²) >= 11 is 1.55. The number of nitrogens with zero attached hydrogens (tertiary/aromatic N) is 4. The minimum Gasteiger partial charge on any atom is -0.368 e. The van der Waals surface area contributed by atoms with Gasteiger partial charge in [-0.3, -0.25) is 0 Å². The van der Waals surface area contributed by atoms with E-state index in [1.807, 2.05) is 46.7 Å². The third kappa shape index (κ3) is 3.20. The summed E-state index contributed by atoms with van der Waals surface area (Å²) in [6.45, 7) is 2.69. The molecule has 128 valence electrons. The molecule has 25 heavy (non-hydrogen) atoms. The van der Waals surface area contributed by atoms with E-state index in [9.17, 15) is 4.79 Å². The smallest absolute Gasteiger partial charge is 0.321 e. The van der Waals surface area contributed by atoms with Crippen LogP contribution >= 0.6 is 11.3 Å². The molecule has 8 heteroatoms. The number of nitrogen functional groups attached to an aromatic ring is 1. The highest BCUT2D eigenvalue weighted by atomic mass is 32.1. The summed E-state index contributed by atoms with van der Waals surface area (Å²) in [4.78, 5) is 25.9. The van der Waals surface area contributed by atoms with Crippen molar-refractivity contribution in [1.82, 2.24) is 14.9 Å². The Bertz CT molecular complexity index is 889. The number of rotatable bonds is 2. The van der Waals surface area contributed by atoms with Gasteiger partial charge >= 0.3 is 6.03 Å². The fourth-order valence-corrected chi connectivity index (χ4v) is 3.71. The first-order chi connectivity index (χ1) is 12.2. The summed E-state index contributed by atoms with van der Waals surface area (Å²) < 4.78 is 0. The molecule has 0 unspecified atom stereocenters. The zero-order valence-electron chi connectivity index (χ0n) is 13.6. The second kappa shape index (κ2) is 6.56. The summed E-state index contributed by atoms with van der Waals surface area (Å²) in [5, 5.41) is 5.93. The maximum atomic E-state index is 12.4. The van der Waals surface area contributed by atoms with Crippen molar-refractivity contribution < 1.29 is 4.79 Å². The topological polar surface area (TPSA) is 87.4 Å². The molecule has 1 saturated heterocycles. The number of carbonyl (C=O) groups is 1. The lowest BCUT2D eigenvalue weighted by Gasteiger charge is -2.35. The molecule has 2 aromatic heterocycles. The average molecular weight is 354 g/mol. The summed E-state index contributed by atoms with van der Waals surface area (Å²) in [5.41, 5.74) is 6.64. The first kappa shape index (κ1) is 15.6. The number of hydrogen-bond acceptors (Lipinski definition) is 6. The molecule has 1 aromatic carbocycles. The van der Waals surface area contributed by atoms with Gasteiger partial charge < -0.3 is 20.9 Å². The lowest BCUT2D eigenvalue weighted by Crippen LogP contribution is -2.50. The fourth-order valence-electron chi connectivity index (χ4n) is 2.94. The zero-order chi connectivity index (χ0) is 17.2. The Morgan fingerprint density at radius 2 is 1.84 bits per heavy atom. The van der Waals surface area contributed by atoms with E-state index in [1.165, 1.54) is 0 Å². The number of aromatic nitrogens is 2. The third-order valence-electron chi connectivity index (χ3n) is 4.21. The van der Waals surface area contributed by atoms with Crippen molar-refractivity contribution in [2.45, 2.75) is 0 Å². The quantitative estimate of drug-likeness (QED) is 0.739. The Balaban J connectivity index is 1.44. The number of para-hydroxylation sites is 1. The fraction of sp³-hybridized carbons (Fsp3) is 0.235. The van der Waals surface area contributed by atoms with Gasteiger partial charge in [-0.1, -0.05) is 18.2 Å². The van der Waals surface area contributed by atoms with Crippen LogP contribution < -0.4 is 16.0 Å². The number of hydrogen-bond donors (Lipinski definition) is 2. The minimum absolute atomic E-state index is 0.0752. The molecule has 7 nitrogen and oxygen atoms in total. The van der Waals surface area contributed by atoms with Gasteiger partial charge in [0.15, 0.2) is 0 Å². The average Bonchev–Trinajstić information content (AvgIpc) is 3.10. The van der Waals surface area contributed by atoms with Crippen molar-refractivity contribution in [1.29, 1.82) is 0 Å². The van der Waals surface area contributed by atoms with Gasteiger partial charge in [0.1, 0.15) is 10.6 Å². The van der Waals surface area contributed by atoms with Crippen molar-refractivity contribution >= 4 is 45.0 Å². The SMILES string of the molecule is Nc1nc(N2CCN(C(=O)Nc3ccccc3)CC2)c2ccsc2n1. The number of piperazine rings is 1. The second-order valence-corrected chi connectivity index (χ2v) is 6.71. The molecule has 3 heterocycles. The van der Waals surface area contributed by atoms with Gasteiger partial charge in [-0.25, -0.2) is 9.78 Å². The first-order valence-corrected chi connectivity index (χ1v) is 8.95. The number of anilines is 3. The second-order valence-electron chi connectivity index (χ2n) is 5.82. The minimum atomic E-state index is -0.0752. The molecule has 0 saturated carbocycles. The normalized spacial score (nSPS) is 14.7. The van der Waals surface area contributed by atoms with E-state index in [4.69, 9.17) is 5.73 Å². The van der Waals surface area contributed by atoms with Crippen LogP contribution in [0, 0.1) is 0 Å². The first-order valence-electron chi connectivity index (χ1n) is 8.07. The molecule has 1 aliphatic heterocycles. The molecule has 3 aromatic rings. The van der Waals surface area contributed by atoms with Crippen molar-refractivity contribution in [2.24, 2.45) is 0 Å². The number of fused-ring (bicyclic) bond motifs is 1.